The van der Waals surface area contributed by atoms with Gasteiger partial charge >= 0.3 is 0 Å². The number of anilines is 1. The molecule has 0 aromatic heterocycles. The fourth-order valence-corrected chi connectivity index (χ4v) is 2.06. The normalized spacial score (nSPS) is 18.2. The van der Waals surface area contributed by atoms with Crippen LogP contribution >= 0.6 is 0 Å². The number of piperazine rings is 1. The molecular weight excluding hydrogens is 196 g/mol. The van der Waals surface area contributed by atoms with Gasteiger partial charge in [0.15, 0.2) is 0 Å². The third-order valence-electron chi connectivity index (χ3n) is 3.23. The highest BCUT2D eigenvalue weighted by atomic mass is 15.2. The fourth-order valence-electron chi connectivity index (χ4n) is 2.06. The Morgan fingerprint density at radius 3 is 2.81 bits per heavy atom. The number of nitrogens with one attached hydrogen (secondary N) is 1. The second-order valence-corrected chi connectivity index (χ2v) is 4.36. The van der Waals surface area contributed by atoms with Crippen molar-refractivity contribution in [2.75, 3.05) is 31.1 Å². The Labute approximate surface area is 98.0 Å². The summed E-state index contributed by atoms with van der Waals surface area (Å²) < 4.78 is 0. The first-order valence-corrected chi connectivity index (χ1v) is 5.99. The lowest BCUT2D eigenvalue weighted by Crippen LogP contribution is -2.43. The van der Waals surface area contributed by atoms with E-state index in [1.807, 2.05) is 6.08 Å². The molecular formula is C14H20N2. The summed E-state index contributed by atoms with van der Waals surface area (Å²) in [6, 6.07) is 8.81. The molecule has 0 saturated carbocycles. The molecule has 1 unspecified atom stereocenters. The van der Waals surface area contributed by atoms with Crippen LogP contribution < -0.4 is 10.2 Å². The molecule has 1 atom stereocenters. The molecule has 1 aliphatic heterocycles. The van der Waals surface area contributed by atoms with Crippen molar-refractivity contribution in [3.05, 3.63) is 42.5 Å². The topological polar surface area (TPSA) is 15.3 Å². The van der Waals surface area contributed by atoms with Gasteiger partial charge in [-0.3, -0.25) is 0 Å². The first kappa shape index (κ1) is 11.2. The van der Waals surface area contributed by atoms with Gasteiger partial charge in [-0.05, 0) is 23.6 Å². The van der Waals surface area contributed by atoms with E-state index in [9.17, 15) is 0 Å². The average molecular weight is 216 g/mol. The van der Waals surface area contributed by atoms with Gasteiger partial charge in [0.25, 0.3) is 0 Å². The maximum absolute atomic E-state index is 3.86. The van der Waals surface area contributed by atoms with Gasteiger partial charge in [-0.25, -0.2) is 0 Å². The minimum atomic E-state index is 0.433. The number of benzene rings is 1. The summed E-state index contributed by atoms with van der Waals surface area (Å²) >= 11 is 0. The molecule has 1 aromatic carbocycles. The van der Waals surface area contributed by atoms with Crippen molar-refractivity contribution in [2.45, 2.75) is 12.8 Å². The zero-order valence-corrected chi connectivity index (χ0v) is 9.95. The lowest BCUT2D eigenvalue weighted by molar-refractivity contribution is 0.589. The van der Waals surface area contributed by atoms with Crippen molar-refractivity contribution in [3.63, 3.8) is 0 Å². The zero-order chi connectivity index (χ0) is 11.4. The average Bonchev–Trinajstić information content (AvgIpc) is 2.39. The van der Waals surface area contributed by atoms with Gasteiger partial charge in [0.05, 0.1) is 0 Å². The molecule has 2 heteroatoms. The molecule has 1 aromatic rings. The maximum atomic E-state index is 3.86. The molecule has 16 heavy (non-hydrogen) atoms. The second kappa shape index (κ2) is 5.17. The number of allylic oxidation sites excluding steroid dienone is 1. The number of nitrogens with zero attached hydrogens (tertiary/aromatic N) is 1. The molecule has 0 amide bonds. The summed E-state index contributed by atoms with van der Waals surface area (Å²) in [4.78, 5) is 2.44. The predicted octanol–water partition coefficient (Wildman–Crippen LogP) is 2.39. The Hall–Kier alpha value is -1.28. The summed E-state index contributed by atoms with van der Waals surface area (Å²) in [5, 5.41) is 3.38. The van der Waals surface area contributed by atoms with Crippen molar-refractivity contribution in [3.8, 4) is 0 Å². The van der Waals surface area contributed by atoms with Crippen LogP contribution in [0.15, 0.2) is 36.9 Å². The van der Waals surface area contributed by atoms with Gasteiger partial charge in [-0.1, -0.05) is 25.1 Å². The predicted molar refractivity (Wildman–Crippen MR) is 70.1 cm³/mol. The van der Waals surface area contributed by atoms with E-state index in [2.05, 4.69) is 48.0 Å². The van der Waals surface area contributed by atoms with E-state index < -0.39 is 0 Å². The molecule has 0 radical (unpaired) electrons. The van der Waals surface area contributed by atoms with Crippen LogP contribution in [0.3, 0.4) is 0 Å². The second-order valence-electron chi connectivity index (χ2n) is 4.36. The standard InChI is InChI=1S/C14H20N2/c1-3-12(2)13-5-4-6-14(11-13)16-9-7-15-8-10-16/h3-6,11-12,15H,1,7-10H2,2H3. The van der Waals surface area contributed by atoms with E-state index in [4.69, 9.17) is 0 Å². The summed E-state index contributed by atoms with van der Waals surface area (Å²) in [6.07, 6.45) is 2.00. The smallest absolute Gasteiger partial charge is 0.0370 e. The highest BCUT2D eigenvalue weighted by molar-refractivity contribution is 5.50. The van der Waals surface area contributed by atoms with Crippen LogP contribution in [0.5, 0.6) is 0 Å². The van der Waals surface area contributed by atoms with E-state index in [-0.39, 0.29) is 0 Å². The van der Waals surface area contributed by atoms with Gasteiger partial charge < -0.3 is 10.2 Å². The Bertz CT molecular complexity index is 354. The number of rotatable bonds is 3. The molecule has 1 fully saturated rings. The largest absolute Gasteiger partial charge is 0.369 e. The van der Waals surface area contributed by atoms with E-state index in [1.54, 1.807) is 0 Å². The summed E-state index contributed by atoms with van der Waals surface area (Å²) in [5.74, 6) is 0.433. The molecule has 2 rings (SSSR count). The van der Waals surface area contributed by atoms with Gasteiger partial charge in [0, 0.05) is 31.9 Å². The quantitative estimate of drug-likeness (QED) is 0.780. The summed E-state index contributed by atoms with van der Waals surface area (Å²) in [6.45, 7) is 10.4. The van der Waals surface area contributed by atoms with Crippen molar-refractivity contribution in [2.24, 2.45) is 0 Å². The molecule has 1 aliphatic rings. The Balaban J connectivity index is 2.17. The molecule has 1 N–H and O–H groups in total. The molecule has 1 saturated heterocycles. The van der Waals surface area contributed by atoms with Crippen molar-refractivity contribution < 1.29 is 0 Å². The Morgan fingerprint density at radius 1 is 1.38 bits per heavy atom. The summed E-state index contributed by atoms with van der Waals surface area (Å²) in [7, 11) is 0. The van der Waals surface area contributed by atoms with E-state index in [0.717, 1.165) is 26.2 Å². The minimum Gasteiger partial charge on any atom is -0.369 e. The van der Waals surface area contributed by atoms with Crippen LogP contribution in [0, 0.1) is 0 Å². The highest BCUT2D eigenvalue weighted by Crippen LogP contribution is 2.22. The molecule has 0 aliphatic carbocycles. The van der Waals surface area contributed by atoms with Crippen molar-refractivity contribution in [1.29, 1.82) is 0 Å². The van der Waals surface area contributed by atoms with Crippen molar-refractivity contribution >= 4 is 5.69 Å². The monoisotopic (exact) mass is 216 g/mol. The number of hydrogen-bond acceptors (Lipinski definition) is 2. The summed E-state index contributed by atoms with van der Waals surface area (Å²) in [5.41, 5.74) is 2.69. The van der Waals surface area contributed by atoms with E-state index in [1.165, 1.54) is 11.3 Å². The van der Waals surface area contributed by atoms with Gasteiger partial charge in [0.1, 0.15) is 0 Å². The number of hydrogen-bond donors (Lipinski definition) is 1. The highest BCUT2D eigenvalue weighted by Gasteiger charge is 2.11. The van der Waals surface area contributed by atoms with E-state index >= 15 is 0 Å². The third-order valence-corrected chi connectivity index (χ3v) is 3.23. The van der Waals surface area contributed by atoms with Crippen LogP contribution in [-0.4, -0.2) is 26.2 Å². The third kappa shape index (κ3) is 2.45. The van der Waals surface area contributed by atoms with Crippen LogP contribution in [0.1, 0.15) is 18.4 Å². The van der Waals surface area contributed by atoms with Crippen molar-refractivity contribution in [1.82, 2.24) is 5.32 Å². The SMILES string of the molecule is C=CC(C)c1cccc(N2CCNCC2)c1. The van der Waals surface area contributed by atoms with Crippen LogP contribution in [0.4, 0.5) is 5.69 Å². The molecule has 0 spiro atoms. The molecule has 0 bridgehead atoms. The van der Waals surface area contributed by atoms with Gasteiger partial charge in [-0.2, -0.15) is 0 Å². The van der Waals surface area contributed by atoms with E-state index in [0.29, 0.717) is 5.92 Å². The fraction of sp³-hybridized carbons (Fsp3) is 0.429. The van der Waals surface area contributed by atoms with Gasteiger partial charge in [0.2, 0.25) is 0 Å². The first-order valence-electron chi connectivity index (χ1n) is 5.99. The maximum Gasteiger partial charge on any atom is 0.0370 e. The molecule has 1 heterocycles. The molecule has 86 valence electrons. The molecule has 2 nitrogen and oxygen atoms in total. The lowest BCUT2D eigenvalue weighted by Gasteiger charge is -2.30. The van der Waals surface area contributed by atoms with Crippen LogP contribution in [-0.2, 0) is 0 Å². The van der Waals surface area contributed by atoms with Crippen LogP contribution in [0.2, 0.25) is 0 Å². The first-order chi connectivity index (χ1) is 7.81. The van der Waals surface area contributed by atoms with Crippen LogP contribution in [0.25, 0.3) is 0 Å². The van der Waals surface area contributed by atoms with Gasteiger partial charge in [-0.15, -0.1) is 6.58 Å². The Morgan fingerprint density at radius 2 is 2.12 bits per heavy atom. The Kier molecular flexibility index (Phi) is 3.62. The minimum absolute atomic E-state index is 0.433. The zero-order valence-electron chi connectivity index (χ0n) is 9.95. The lowest BCUT2D eigenvalue weighted by atomic mass is 10.0.